The molecule has 2 aliphatic heterocycles. The second-order valence-electron chi connectivity index (χ2n) is 6.91. The van der Waals surface area contributed by atoms with Crippen LogP contribution in [0.5, 0.6) is 0 Å². The maximum atomic E-state index is 12.3. The molecule has 3 heterocycles. The summed E-state index contributed by atoms with van der Waals surface area (Å²) >= 11 is 0. The fraction of sp³-hybridized carbons (Fsp3) is 0.706. The molecule has 1 aromatic rings. The van der Waals surface area contributed by atoms with Crippen molar-refractivity contribution in [1.82, 2.24) is 19.4 Å². The summed E-state index contributed by atoms with van der Waals surface area (Å²) in [7, 11) is 0. The lowest BCUT2D eigenvalue weighted by molar-refractivity contribution is -0.137. The number of hydrogen-bond acceptors (Lipinski definition) is 3. The Balaban J connectivity index is 1.72. The maximum absolute atomic E-state index is 12.3. The van der Waals surface area contributed by atoms with Gasteiger partial charge in [-0.15, -0.1) is 0 Å². The van der Waals surface area contributed by atoms with Crippen LogP contribution in [0.1, 0.15) is 51.2 Å². The van der Waals surface area contributed by atoms with Crippen molar-refractivity contribution in [1.29, 1.82) is 0 Å². The van der Waals surface area contributed by atoms with E-state index < -0.39 is 0 Å². The number of imidazole rings is 1. The molecule has 1 saturated heterocycles. The summed E-state index contributed by atoms with van der Waals surface area (Å²) in [6.45, 7) is 9.08. The second-order valence-corrected chi connectivity index (χ2v) is 6.91. The third-order valence-corrected chi connectivity index (χ3v) is 4.85. The van der Waals surface area contributed by atoms with E-state index >= 15 is 0 Å². The minimum atomic E-state index is -0.0331. The van der Waals surface area contributed by atoms with Crippen LogP contribution in [0.4, 0.5) is 0 Å². The highest BCUT2D eigenvalue weighted by Gasteiger charge is 2.31. The van der Waals surface area contributed by atoms with Gasteiger partial charge in [-0.25, -0.2) is 4.98 Å². The molecule has 0 aliphatic carbocycles. The molecule has 126 valence electrons. The van der Waals surface area contributed by atoms with Gasteiger partial charge in [0.1, 0.15) is 5.82 Å². The SMILES string of the molecule is CC(C)C(=O)N1CCn2cc(CC(=O)N3CCCC3)nc2C1C. The van der Waals surface area contributed by atoms with Crippen molar-refractivity contribution in [2.45, 2.75) is 52.6 Å². The van der Waals surface area contributed by atoms with E-state index in [1.165, 1.54) is 0 Å². The number of carbonyl (C=O) groups is 2. The van der Waals surface area contributed by atoms with Gasteiger partial charge < -0.3 is 14.4 Å². The first-order chi connectivity index (χ1) is 11.0. The Morgan fingerprint density at radius 2 is 1.91 bits per heavy atom. The Morgan fingerprint density at radius 1 is 1.22 bits per heavy atom. The van der Waals surface area contributed by atoms with E-state index in [1.54, 1.807) is 0 Å². The van der Waals surface area contributed by atoms with Crippen molar-refractivity contribution in [3.05, 3.63) is 17.7 Å². The van der Waals surface area contributed by atoms with E-state index in [9.17, 15) is 9.59 Å². The van der Waals surface area contributed by atoms with E-state index in [4.69, 9.17) is 0 Å². The summed E-state index contributed by atoms with van der Waals surface area (Å²) in [4.78, 5) is 33.1. The van der Waals surface area contributed by atoms with Crippen LogP contribution in [0, 0.1) is 5.92 Å². The zero-order valence-electron chi connectivity index (χ0n) is 14.3. The fourth-order valence-corrected chi connectivity index (χ4v) is 3.50. The number of carbonyl (C=O) groups excluding carboxylic acids is 2. The molecule has 1 aromatic heterocycles. The number of hydrogen-bond donors (Lipinski definition) is 0. The third kappa shape index (κ3) is 3.12. The highest BCUT2D eigenvalue weighted by atomic mass is 16.2. The van der Waals surface area contributed by atoms with Gasteiger partial charge in [0.15, 0.2) is 0 Å². The topological polar surface area (TPSA) is 58.4 Å². The quantitative estimate of drug-likeness (QED) is 0.851. The largest absolute Gasteiger partial charge is 0.342 e. The van der Waals surface area contributed by atoms with Crippen molar-refractivity contribution in [3.8, 4) is 0 Å². The van der Waals surface area contributed by atoms with E-state index in [-0.39, 0.29) is 23.8 Å². The van der Waals surface area contributed by atoms with Gasteiger partial charge in [-0.2, -0.15) is 0 Å². The van der Waals surface area contributed by atoms with Crippen molar-refractivity contribution in [3.63, 3.8) is 0 Å². The number of nitrogens with zero attached hydrogens (tertiary/aromatic N) is 4. The fourth-order valence-electron chi connectivity index (χ4n) is 3.50. The molecule has 1 fully saturated rings. The van der Waals surface area contributed by atoms with Gasteiger partial charge in [0.25, 0.3) is 0 Å². The van der Waals surface area contributed by atoms with Gasteiger partial charge in [0, 0.05) is 38.3 Å². The lowest BCUT2D eigenvalue weighted by Gasteiger charge is -2.34. The zero-order chi connectivity index (χ0) is 16.6. The number of likely N-dealkylation sites (tertiary alicyclic amines) is 1. The first-order valence-corrected chi connectivity index (χ1v) is 8.61. The molecule has 0 bridgehead atoms. The Bertz CT molecular complexity index is 602. The molecule has 6 nitrogen and oxygen atoms in total. The smallest absolute Gasteiger partial charge is 0.228 e. The van der Waals surface area contributed by atoms with Crippen molar-refractivity contribution in [2.75, 3.05) is 19.6 Å². The van der Waals surface area contributed by atoms with Crippen molar-refractivity contribution < 1.29 is 9.59 Å². The molecule has 6 heteroatoms. The van der Waals surface area contributed by atoms with Gasteiger partial charge in [0.05, 0.1) is 18.2 Å². The first kappa shape index (κ1) is 16.0. The highest BCUT2D eigenvalue weighted by Crippen LogP contribution is 2.26. The lowest BCUT2D eigenvalue weighted by atomic mass is 10.1. The molecule has 2 aliphatic rings. The van der Waals surface area contributed by atoms with Gasteiger partial charge >= 0.3 is 0 Å². The second kappa shape index (κ2) is 6.34. The molecule has 0 N–H and O–H groups in total. The normalized spacial score (nSPS) is 21.0. The number of fused-ring (bicyclic) bond motifs is 1. The van der Waals surface area contributed by atoms with Crippen molar-refractivity contribution >= 4 is 11.8 Å². The van der Waals surface area contributed by atoms with E-state index in [2.05, 4.69) is 9.55 Å². The average molecular weight is 318 g/mol. The molecule has 3 rings (SSSR count). The summed E-state index contributed by atoms with van der Waals surface area (Å²) in [6, 6.07) is -0.0331. The number of aromatic nitrogens is 2. The van der Waals surface area contributed by atoms with E-state index in [0.717, 1.165) is 44.0 Å². The first-order valence-electron chi connectivity index (χ1n) is 8.61. The van der Waals surface area contributed by atoms with E-state index in [0.29, 0.717) is 13.0 Å². The van der Waals surface area contributed by atoms with Crippen LogP contribution < -0.4 is 0 Å². The monoisotopic (exact) mass is 318 g/mol. The summed E-state index contributed by atoms with van der Waals surface area (Å²) in [6.07, 6.45) is 4.56. The number of rotatable bonds is 3. The average Bonchev–Trinajstić information content (AvgIpc) is 3.16. The molecule has 0 saturated carbocycles. The lowest BCUT2D eigenvalue weighted by Crippen LogP contribution is -2.42. The minimum absolute atomic E-state index is 0.00447. The Morgan fingerprint density at radius 3 is 2.57 bits per heavy atom. The Labute approximate surface area is 137 Å². The molecule has 0 spiro atoms. The van der Waals surface area contributed by atoms with Crippen LogP contribution in [0.3, 0.4) is 0 Å². The van der Waals surface area contributed by atoms with Gasteiger partial charge in [-0.1, -0.05) is 13.8 Å². The van der Waals surface area contributed by atoms with Gasteiger partial charge in [-0.3, -0.25) is 9.59 Å². The molecule has 23 heavy (non-hydrogen) atoms. The molecule has 1 unspecified atom stereocenters. The highest BCUT2D eigenvalue weighted by molar-refractivity contribution is 5.79. The minimum Gasteiger partial charge on any atom is -0.342 e. The standard InChI is InChI=1S/C17H26N4O2/c1-12(2)17(23)21-9-8-20-11-14(18-16(20)13(21)3)10-15(22)19-6-4-5-7-19/h11-13H,4-10H2,1-3H3. The predicted molar refractivity (Wildman–Crippen MR) is 86.7 cm³/mol. The summed E-state index contributed by atoms with van der Waals surface area (Å²) in [5.41, 5.74) is 0.822. The molecule has 2 amide bonds. The third-order valence-electron chi connectivity index (χ3n) is 4.85. The maximum Gasteiger partial charge on any atom is 0.228 e. The van der Waals surface area contributed by atoms with Crippen LogP contribution in [0.15, 0.2) is 6.20 Å². The summed E-state index contributed by atoms with van der Waals surface area (Å²) < 4.78 is 2.10. The number of amides is 2. The van der Waals surface area contributed by atoms with Gasteiger partial charge in [0.2, 0.25) is 11.8 Å². The predicted octanol–water partition coefficient (Wildman–Crippen LogP) is 1.61. The Kier molecular flexibility index (Phi) is 4.41. The van der Waals surface area contributed by atoms with Crippen LogP contribution in [0.25, 0.3) is 0 Å². The van der Waals surface area contributed by atoms with Crippen LogP contribution >= 0.6 is 0 Å². The molecule has 1 atom stereocenters. The molecule has 0 radical (unpaired) electrons. The molecular formula is C17H26N4O2. The summed E-state index contributed by atoms with van der Waals surface area (Å²) in [5.74, 6) is 1.23. The van der Waals surface area contributed by atoms with Crippen LogP contribution in [0.2, 0.25) is 0 Å². The Hall–Kier alpha value is -1.85. The molecular weight excluding hydrogens is 292 g/mol. The summed E-state index contributed by atoms with van der Waals surface area (Å²) in [5, 5.41) is 0. The van der Waals surface area contributed by atoms with Gasteiger partial charge in [-0.05, 0) is 19.8 Å². The molecule has 0 aromatic carbocycles. The zero-order valence-corrected chi connectivity index (χ0v) is 14.3. The van der Waals surface area contributed by atoms with Crippen molar-refractivity contribution in [2.24, 2.45) is 5.92 Å². The van der Waals surface area contributed by atoms with Crippen LogP contribution in [-0.2, 0) is 22.6 Å². The van der Waals surface area contributed by atoms with Crippen LogP contribution in [-0.4, -0.2) is 50.8 Å². The van der Waals surface area contributed by atoms with E-state index in [1.807, 2.05) is 36.8 Å².